The molecule has 4 N–H and O–H groups in total. The fraction of sp³-hybridized carbons (Fsp3) is 0.400. The molecule has 0 radical (unpaired) electrons. The molecule has 0 amide bonds. The van der Waals surface area contributed by atoms with Crippen molar-refractivity contribution in [1.29, 1.82) is 0 Å². The minimum Gasteiger partial charge on any atom is -0.630 e. The Morgan fingerprint density at radius 2 is 1.29 bits per heavy atom. The molecule has 0 heterocycles. The Bertz CT molecular complexity index is 321. The van der Waals surface area contributed by atoms with Gasteiger partial charge in [-0.2, -0.15) is 0 Å². The Labute approximate surface area is 90.7 Å². The molecule has 1 aromatic rings. The predicted molar refractivity (Wildman–Crippen MR) is 62.0 cm³/mol. The smallest absolute Gasteiger partial charge is 0.136 e. The summed E-state index contributed by atoms with van der Waals surface area (Å²) in [5, 5.41) is 10.8. The molecule has 1 aromatic carbocycles. The van der Waals surface area contributed by atoms with Crippen molar-refractivity contribution in [2.45, 2.75) is 27.7 Å². The highest BCUT2D eigenvalue weighted by Gasteiger charge is 2.13. The molecular weight excluding hydrogens is 200 g/mol. The van der Waals surface area contributed by atoms with E-state index in [1.54, 1.807) is 0 Å². The molecule has 0 saturated carbocycles. The second-order valence-corrected chi connectivity index (χ2v) is 3.45. The molecule has 0 unspecified atom stereocenters. The van der Waals surface area contributed by atoms with E-state index in [1.165, 1.54) is 0 Å². The van der Waals surface area contributed by atoms with E-state index in [0.717, 1.165) is 39.1 Å². The molecule has 0 aliphatic carbocycles. The molecule has 14 heavy (non-hydrogen) atoms. The van der Waals surface area contributed by atoms with E-state index in [4.69, 9.17) is 5.73 Å². The number of quaternary nitrogens is 1. The van der Waals surface area contributed by atoms with Gasteiger partial charge in [0.2, 0.25) is 0 Å². The molecule has 80 valence electrons. The largest absolute Gasteiger partial charge is 0.630 e. The first-order valence-corrected chi connectivity index (χ1v) is 4.31. The number of hydrogen-bond acceptors (Lipinski definition) is 2. The van der Waals surface area contributed by atoms with Gasteiger partial charge in [0.1, 0.15) is 5.69 Å². The lowest BCUT2D eigenvalue weighted by molar-refractivity contribution is -0.498. The van der Waals surface area contributed by atoms with Gasteiger partial charge in [-0.1, -0.05) is 0 Å². The molecule has 0 aliphatic rings. The molecule has 0 atom stereocenters. The number of benzene rings is 1. The molecule has 4 heteroatoms. The van der Waals surface area contributed by atoms with Crippen LogP contribution in [0.15, 0.2) is 0 Å². The van der Waals surface area contributed by atoms with Crippen LogP contribution in [-0.4, -0.2) is 0 Å². The normalized spacial score (nSPS) is 9.79. The highest BCUT2D eigenvalue weighted by atomic mass is 35.5. The molecule has 0 spiro atoms. The van der Waals surface area contributed by atoms with Gasteiger partial charge < -0.3 is 16.4 Å². The number of nitrogen functional groups attached to an aromatic ring is 1. The molecule has 0 aromatic heterocycles. The van der Waals surface area contributed by atoms with Crippen molar-refractivity contribution in [3.63, 3.8) is 0 Å². The van der Waals surface area contributed by atoms with Gasteiger partial charge in [0, 0.05) is 16.8 Å². The summed E-state index contributed by atoms with van der Waals surface area (Å²) in [6, 6.07) is 0. The average Bonchev–Trinajstić information content (AvgIpc) is 2.13. The Morgan fingerprint density at radius 1 is 0.929 bits per heavy atom. The van der Waals surface area contributed by atoms with Crippen LogP contribution in [0.3, 0.4) is 0 Å². The van der Waals surface area contributed by atoms with E-state index in [9.17, 15) is 5.21 Å². The highest BCUT2D eigenvalue weighted by Crippen LogP contribution is 2.29. The maximum absolute atomic E-state index is 10.8. The third-order valence-electron chi connectivity index (χ3n) is 2.86. The summed E-state index contributed by atoms with van der Waals surface area (Å²) in [6.45, 7) is 7.76. The summed E-state index contributed by atoms with van der Waals surface area (Å²) in [7, 11) is 0. The summed E-state index contributed by atoms with van der Waals surface area (Å²) in [5.41, 5.74) is 12.4. The monoisotopic (exact) mass is 216 g/mol. The molecule has 1 rings (SSSR count). The van der Waals surface area contributed by atoms with Crippen LogP contribution in [0, 0.1) is 32.9 Å². The van der Waals surface area contributed by atoms with Gasteiger partial charge in [0.05, 0.1) is 0 Å². The third-order valence-corrected chi connectivity index (χ3v) is 2.86. The van der Waals surface area contributed by atoms with E-state index in [0.29, 0.717) is 0 Å². The Morgan fingerprint density at radius 3 is 1.57 bits per heavy atom. The minimum atomic E-state index is 0. The molecule has 0 bridgehead atoms. The zero-order chi connectivity index (χ0) is 10.2. The van der Waals surface area contributed by atoms with Gasteiger partial charge in [0.15, 0.2) is 0 Å². The first-order chi connectivity index (χ1) is 6.00. The molecule has 0 saturated heterocycles. The van der Waals surface area contributed by atoms with Crippen LogP contribution in [0.1, 0.15) is 22.3 Å². The van der Waals surface area contributed by atoms with Crippen LogP contribution in [0.2, 0.25) is 0 Å². The van der Waals surface area contributed by atoms with E-state index in [1.807, 2.05) is 27.7 Å². The zero-order valence-electron chi connectivity index (χ0n) is 8.97. The zero-order valence-corrected chi connectivity index (χ0v) is 9.79. The minimum absolute atomic E-state index is 0. The molecule has 0 fully saturated rings. The van der Waals surface area contributed by atoms with Crippen molar-refractivity contribution in [3.8, 4) is 0 Å². The predicted octanol–water partition coefficient (Wildman–Crippen LogP) is 1.62. The lowest BCUT2D eigenvalue weighted by atomic mass is 9.96. The second kappa shape index (κ2) is 4.64. The lowest BCUT2D eigenvalue weighted by Crippen LogP contribution is -2.71. The van der Waals surface area contributed by atoms with Gasteiger partial charge in [-0.15, -0.1) is 12.4 Å². The van der Waals surface area contributed by atoms with Crippen molar-refractivity contribution in [2.24, 2.45) is 0 Å². The number of rotatable bonds is 1. The van der Waals surface area contributed by atoms with E-state index in [2.05, 4.69) is 0 Å². The van der Waals surface area contributed by atoms with E-state index < -0.39 is 0 Å². The second-order valence-electron chi connectivity index (χ2n) is 3.45. The fourth-order valence-electron chi connectivity index (χ4n) is 1.55. The average molecular weight is 217 g/mol. The summed E-state index contributed by atoms with van der Waals surface area (Å²) in [5.74, 6) is 0. The van der Waals surface area contributed by atoms with Crippen LogP contribution in [0.25, 0.3) is 0 Å². The third kappa shape index (κ3) is 1.85. The standard InChI is InChI=1S/C10H16N2O.ClH/c1-5-7(3)10(12-13)8(4)6(2)9(5)11;/h11-12H2,1-4H3;1H. The van der Waals surface area contributed by atoms with Crippen molar-refractivity contribution in [2.75, 3.05) is 5.73 Å². The Kier molecular flexibility index (Phi) is 4.39. The fourth-order valence-corrected chi connectivity index (χ4v) is 1.55. The van der Waals surface area contributed by atoms with Gasteiger partial charge in [-0.3, -0.25) is 0 Å². The summed E-state index contributed by atoms with van der Waals surface area (Å²) >= 11 is 0. The SMILES string of the molecule is Cc1c(C)c([NH2+][O-])c(C)c(C)c1N.Cl. The van der Waals surface area contributed by atoms with Crippen molar-refractivity contribution >= 4 is 23.8 Å². The molecule has 0 aliphatic heterocycles. The van der Waals surface area contributed by atoms with Crippen LogP contribution < -0.4 is 11.2 Å². The van der Waals surface area contributed by atoms with Crippen molar-refractivity contribution < 1.29 is 5.48 Å². The number of hydrogen-bond donors (Lipinski definition) is 2. The van der Waals surface area contributed by atoms with Crippen LogP contribution >= 0.6 is 12.4 Å². The molecule has 3 nitrogen and oxygen atoms in total. The quantitative estimate of drug-likeness (QED) is 0.554. The first kappa shape index (κ1) is 13.2. The summed E-state index contributed by atoms with van der Waals surface area (Å²) < 4.78 is 0. The van der Waals surface area contributed by atoms with Gasteiger partial charge in [-0.25, -0.2) is 0 Å². The van der Waals surface area contributed by atoms with Gasteiger partial charge >= 0.3 is 0 Å². The van der Waals surface area contributed by atoms with E-state index >= 15 is 0 Å². The van der Waals surface area contributed by atoms with E-state index in [-0.39, 0.29) is 12.4 Å². The Hall–Kier alpha value is -0.770. The van der Waals surface area contributed by atoms with Crippen LogP contribution in [-0.2, 0) is 0 Å². The van der Waals surface area contributed by atoms with Crippen molar-refractivity contribution in [3.05, 3.63) is 27.5 Å². The topological polar surface area (TPSA) is 65.7 Å². The maximum Gasteiger partial charge on any atom is 0.136 e. The maximum atomic E-state index is 10.8. The number of nitrogens with two attached hydrogens (primary N) is 2. The highest BCUT2D eigenvalue weighted by molar-refractivity contribution is 5.85. The lowest BCUT2D eigenvalue weighted by Gasteiger charge is -2.16. The number of anilines is 1. The van der Waals surface area contributed by atoms with Crippen LogP contribution in [0.5, 0.6) is 0 Å². The van der Waals surface area contributed by atoms with Crippen molar-refractivity contribution in [1.82, 2.24) is 0 Å². The van der Waals surface area contributed by atoms with Gasteiger partial charge in [-0.05, 0) is 38.8 Å². The number of halogens is 1. The summed E-state index contributed by atoms with van der Waals surface area (Å²) in [4.78, 5) is 0. The van der Waals surface area contributed by atoms with Gasteiger partial charge in [0.25, 0.3) is 0 Å². The van der Waals surface area contributed by atoms with Crippen LogP contribution in [0.4, 0.5) is 11.4 Å². The Balaban J connectivity index is 0.00000169. The molecular formula is C10H17ClN2O. The first-order valence-electron chi connectivity index (χ1n) is 4.31. The summed E-state index contributed by atoms with van der Waals surface area (Å²) in [6.07, 6.45) is 0.